The largest absolute Gasteiger partial charge is 0.444 e. The van der Waals surface area contributed by atoms with Gasteiger partial charge < -0.3 is 25.4 Å². The molecule has 3 N–H and O–H groups in total. The minimum absolute atomic E-state index is 0.132. The fourth-order valence-corrected chi connectivity index (χ4v) is 4.02. The zero-order valence-electron chi connectivity index (χ0n) is 21.4. The second-order valence-corrected chi connectivity index (χ2v) is 10.1. The molecule has 1 aliphatic rings. The van der Waals surface area contributed by atoms with Crippen LogP contribution in [0.25, 0.3) is 0 Å². The molecule has 0 radical (unpaired) electrons. The molecule has 8 nitrogen and oxygen atoms in total. The number of carbonyl (C=O) groups excluding carboxylic acids is 3. The Hall–Kier alpha value is -2.61. The average Bonchev–Trinajstić information content (AvgIpc) is 3.57. The Kier molecular flexibility index (Phi) is 9.91. The normalized spacial score (nSPS) is 15.3. The highest BCUT2D eigenvalue weighted by Crippen LogP contribution is 2.37. The fourth-order valence-electron chi connectivity index (χ4n) is 4.02. The molecule has 1 saturated carbocycles. The van der Waals surface area contributed by atoms with E-state index in [1.165, 1.54) is 0 Å². The van der Waals surface area contributed by atoms with Gasteiger partial charge in [0.2, 0.25) is 11.8 Å². The molecule has 0 saturated heterocycles. The lowest BCUT2D eigenvalue weighted by atomic mass is 9.93. The first-order valence-corrected chi connectivity index (χ1v) is 12.3. The molecule has 3 amide bonds. The Labute approximate surface area is 203 Å². The van der Waals surface area contributed by atoms with E-state index in [4.69, 9.17) is 4.74 Å². The minimum atomic E-state index is -1.21. The number of benzene rings is 1. The van der Waals surface area contributed by atoms with E-state index in [1.54, 1.807) is 25.7 Å². The number of aliphatic hydroxyl groups is 1. The molecule has 2 unspecified atom stereocenters. The molecule has 1 aromatic carbocycles. The van der Waals surface area contributed by atoms with Crippen LogP contribution in [0.4, 0.5) is 4.79 Å². The van der Waals surface area contributed by atoms with E-state index in [1.807, 2.05) is 32.0 Å². The molecule has 8 heteroatoms. The van der Waals surface area contributed by atoms with Gasteiger partial charge in [0.1, 0.15) is 17.7 Å². The van der Waals surface area contributed by atoms with E-state index >= 15 is 0 Å². The van der Waals surface area contributed by atoms with Crippen LogP contribution >= 0.6 is 0 Å². The van der Waals surface area contributed by atoms with E-state index in [-0.39, 0.29) is 11.9 Å². The van der Waals surface area contributed by atoms with Crippen LogP contribution in [0, 0.1) is 13.8 Å². The monoisotopic (exact) mass is 475 g/mol. The number of nitrogens with one attached hydrogen (secondary N) is 2. The average molecular weight is 476 g/mol. The lowest BCUT2D eigenvalue weighted by molar-refractivity contribution is -0.144. The van der Waals surface area contributed by atoms with E-state index < -0.39 is 36.3 Å². The molecule has 0 spiro atoms. The summed E-state index contributed by atoms with van der Waals surface area (Å²) < 4.78 is 5.27. The van der Waals surface area contributed by atoms with Crippen molar-refractivity contribution < 1.29 is 24.2 Å². The standard InChI is InChI=1S/C26H41N3O5/c1-7-8-9-15-27-23(31)22(21-17(2)11-10-12-18(21)3)29(19-13-14-19)24(32)20(16-30)28-25(33)34-26(4,5)6/h10-12,19-20,22,30H,7-9,13-16H2,1-6H3,(H,27,31)(H,28,33). The van der Waals surface area contributed by atoms with Gasteiger partial charge in [-0.15, -0.1) is 0 Å². The summed E-state index contributed by atoms with van der Waals surface area (Å²) in [5.74, 6) is -0.741. The number of unbranched alkanes of at least 4 members (excludes halogenated alkanes) is 2. The summed E-state index contributed by atoms with van der Waals surface area (Å²) in [5.41, 5.74) is 1.85. The van der Waals surface area contributed by atoms with Crippen LogP contribution in [-0.2, 0) is 14.3 Å². The number of hydrogen-bond acceptors (Lipinski definition) is 5. The molecule has 1 aromatic rings. The van der Waals surface area contributed by atoms with Crippen LogP contribution in [-0.4, -0.2) is 58.8 Å². The third kappa shape index (κ3) is 7.72. The van der Waals surface area contributed by atoms with Crippen molar-refractivity contribution in [1.29, 1.82) is 0 Å². The predicted octanol–water partition coefficient (Wildman–Crippen LogP) is 3.53. The number of aliphatic hydroxyl groups excluding tert-OH is 1. The molecule has 0 aliphatic heterocycles. The first-order valence-electron chi connectivity index (χ1n) is 12.3. The lowest BCUT2D eigenvalue weighted by Gasteiger charge is -2.35. The van der Waals surface area contributed by atoms with Crippen molar-refractivity contribution in [2.24, 2.45) is 0 Å². The Morgan fingerprint density at radius 3 is 2.26 bits per heavy atom. The first kappa shape index (κ1) is 27.6. The summed E-state index contributed by atoms with van der Waals surface area (Å²) in [4.78, 5) is 41.1. The third-order valence-corrected chi connectivity index (χ3v) is 5.79. The van der Waals surface area contributed by atoms with Crippen molar-refractivity contribution in [3.8, 4) is 0 Å². The smallest absolute Gasteiger partial charge is 0.408 e. The van der Waals surface area contributed by atoms with Gasteiger partial charge in [-0.25, -0.2) is 4.79 Å². The summed E-state index contributed by atoms with van der Waals surface area (Å²) in [6, 6.07) is 3.59. The van der Waals surface area contributed by atoms with Gasteiger partial charge in [0.05, 0.1) is 6.61 Å². The number of amides is 3. The highest BCUT2D eigenvalue weighted by molar-refractivity contribution is 5.93. The topological polar surface area (TPSA) is 108 Å². The van der Waals surface area contributed by atoms with Crippen LogP contribution in [0.15, 0.2) is 18.2 Å². The second-order valence-electron chi connectivity index (χ2n) is 10.1. The summed E-state index contributed by atoms with van der Waals surface area (Å²) in [6.07, 6.45) is 3.65. The van der Waals surface area contributed by atoms with Crippen LogP contribution in [0.5, 0.6) is 0 Å². The maximum atomic E-state index is 13.7. The molecular formula is C26H41N3O5. The SMILES string of the molecule is CCCCCNC(=O)C(c1c(C)cccc1C)N(C(=O)C(CO)NC(=O)OC(C)(C)C)C1CC1. The zero-order chi connectivity index (χ0) is 25.5. The second kappa shape index (κ2) is 12.2. The lowest BCUT2D eigenvalue weighted by Crippen LogP contribution is -2.55. The summed E-state index contributed by atoms with van der Waals surface area (Å²) >= 11 is 0. The van der Waals surface area contributed by atoms with Gasteiger partial charge in [0.25, 0.3) is 0 Å². The number of hydrogen-bond donors (Lipinski definition) is 3. The van der Waals surface area contributed by atoms with Crippen LogP contribution in [0.2, 0.25) is 0 Å². The molecule has 2 atom stereocenters. The predicted molar refractivity (Wildman–Crippen MR) is 131 cm³/mol. The highest BCUT2D eigenvalue weighted by Gasteiger charge is 2.44. The van der Waals surface area contributed by atoms with Crippen LogP contribution in [0.3, 0.4) is 0 Å². The quantitative estimate of drug-likeness (QED) is 0.425. The Morgan fingerprint density at radius 1 is 1.15 bits per heavy atom. The number of nitrogens with zero attached hydrogens (tertiary/aromatic N) is 1. The first-order chi connectivity index (χ1) is 16.0. The summed E-state index contributed by atoms with van der Waals surface area (Å²) in [6.45, 7) is 11.0. The van der Waals surface area contributed by atoms with Crippen LogP contribution < -0.4 is 10.6 Å². The van der Waals surface area contributed by atoms with Gasteiger partial charge in [-0.1, -0.05) is 38.0 Å². The number of carbonyl (C=O) groups is 3. The number of aryl methyl sites for hydroxylation is 2. The highest BCUT2D eigenvalue weighted by atomic mass is 16.6. The summed E-state index contributed by atoms with van der Waals surface area (Å²) in [7, 11) is 0. The zero-order valence-corrected chi connectivity index (χ0v) is 21.4. The fraction of sp³-hybridized carbons (Fsp3) is 0.654. The molecule has 0 aromatic heterocycles. The van der Waals surface area contributed by atoms with Gasteiger partial charge in [-0.2, -0.15) is 0 Å². The molecule has 2 rings (SSSR count). The number of rotatable bonds is 11. The van der Waals surface area contributed by atoms with Crippen molar-refractivity contribution in [2.75, 3.05) is 13.2 Å². The van der Waals surface area contributed by atoms with Gasteiger partial charge in [-0.3, -0.25) is 9.59 Å². The third-order valence-electron chi connectivity index (χ3n) is 5.79. The maximum absolute atomic E-state index is 13.7. The van der Waals surface area contributed by atoms with Crippen molar-refractivity contribution in [3.63, 3.8) is 0 Å². The van der Waals surface area contributed by atoms with E-state index in [9.17, 15) is 19.5 Å². The molecular weight excluding hydrogens is 434 g/mol. The van der Waals surface area contributed by atoms with Crippen molar-refractivity contribution >= 4 is 17.9 Å². The summed E-state index contributed by atoms with van der Waals surface area (Å²) in [5, 5.41) is 15.5. The molecule has 34 heavy (non-hydrogen) atoms. The van der Waals surface area contributed by atoms with Crippen LogP contribution in [0.1, 0.15) is 82.5 Å². The van der Waals surface area contributed by atoms with Crippen molar-refractivity contribution in [2.45, 2.75) is 97.4 Å². The van der Waals surface area contributed by atoms with E-state index in [2.05, 4.69) is 17.6 Å². The minimum Gasteiger partial charge on any atom is -0.444 e. The van der Waals surface area contributed by atoms with E-state index in [0.717, 1.165) is 48.8 Å². The van der Waals surface area contributed by atoms with Gasteiger partial charge in [0, 0.05) is 12.6 Å². The Balaban J connectivity index is 2.39. The Bertz CT molecular complexity index is 840. The van der Waals surface area contributed by atoms with Gasteiger partial charge in [0.15, 0.2) is 0 Å². The molecule has 1 fully saturated rings. The van der Waals surface area contributed by atoms with E-state index in [0.29, 0.717) is 6.54 Å². The molecule has 0 bridgehead atoms. The van der Waals surface area contributed by atoms with Gasteiger partial charge >= 0.3 is 6.09 Å². The van der Waals surface area contributed by atoms with Crippen molar-refractivity contribution in [3.05, 3.63) is 34.9 Å². The number of ether oxygens (including phenoxy) is 1. The molecule has 190 valence electrons. The molecule has 0 heterocycles. The molecule has 1 aliphatic carbocycles. The van der Waals surface area contributed by atoms with Gasteiger partial charge in [-0.05, 0) is 70.6 Å². The Morgan fingerprint density at radius 2 is 1.76 bits per heavy atom. The van der Waals surface area contributed by atoms with Crippen molar-refractivity contribution in [1.82, 2.24) is 15.5 Å². The number of alkyl carbamates (subject to hydrolysis) is 1. The maximum Gasteiger partial charge on any atom is 0.408 e.